The maximum Gasteiger partial charge on any atom is 0.308 e. The number of nitrogens with one attached hydrogen (secondary N) is 1. The van der Waals surface area contributed by atoms with Crippen molar-refractivity contribution in [1.29, 1.82) is 0 Å². The van der Waals surface area contributed by atoms with Crippen LogP contribution in [0.1, 0.15) is 35.2 Å². The number of benzene rings is 1. The molecule has 0 bridgehead atoms. The van der Waals surface area contributed by atoms with Crippen LogP contribution in [0.4, 0.5) is 4.39 Å². The second-order valence-corrected chi connectivity index (χ2v) is 5.81. The van der Waals surface area contributed by atoms with Gasteiger partial charge in [-0.2, -0.15) is 0 Å². The lowest BCUT2D eigenvalue weighted by molar-refractivity contribution is -0.142. The number of carboxylic acids is 1. The number of hydrogen-bond acceptors (Lipinski definition) is 4. The van der Waals surface area contributed by atoms with Gasteiger partial charge in [0.1, 0.15) is 5.82 Å². The number of halogens is 1. The summed E-state index contributed by atoms with van der Waals surface area (Å²) in [4.78, 5) is 23.5. The van der Waals surface area contributed by atoms with E-state index in [1.54, 1.807) is 7.11 Å². The molecule has 2 rings (SSSR count). The van der Waals surface area contributed by atoms with Crippen LogP contribution in [-0.2, 0) is 20.9 Å². The maximum atomic E-state index is 13.8. The van der Waals surface area contributed by atoms with Gasteiger partial charge in [0.05, 0.1) is 25.7 Å². The van der Waals surface area contributed by atoms with Gasteiger partial charge in [0.2, 0.25) is 0 Å². The van der Waals surface area contributed by atoms with E-state index in [1.165, 1.54) is 18.2 Å². The summed E-state index contributed by atoms with van der Waals surface area (Å²) in [5, 5.41) is 11.9. The Hall–Kier alpha value is -1.99. The third-order valence-corrected chi connectivity index (χ3v) is 4.15. The largest absolute Gasteiger partial charge is 0.481 e. The second kappa shape index (κ2) is 8.75. The number of amides is 1. The monoisotopic (exact) mass is 339 g/mol. The highest BCUT2D eigenvalue weighted by atomic mass is 19.1. The molecule has 1 amide bonds. The van der Waals surface area contributed by atoms with E-state index in [0.717, 1.165) is 6.42 Å². The van der Waals surface area contributed by atoms with Crippen molar-refractivity contribution in [3.05, 3.63) is 35.1 Å². The maximum absolute atomic E-state index is 13.8. The zero-order chi connectivity index (χ0) is 17.5. The van der Waals surface area contributed by atoms with Crippen molar-refractivity contribution in [3.63, 3.8) is 0 Å². The molecule has 1 aliphatic carbocycles. The fourth-order valence-electron chi connectivity index (χ4n) is 2.83. The highest BCUT2D eigenvalue weighted by molar-refractivity contribution is 5.95. The molecule has 0 spiro atoms. The molecular formula is C17H22FNO5. The van der Waals surface area contributed by atoms with Crippen molar-refractivity contribution < 1.29 is 28.6 Å². The number of carbonyl (C=O) groups is 2. The van der Waals surface area contributed by atoms with Crippen LogP contribution in [0, 0.1) is 11.7 Å². The van der Waals surface area contributed by atoms with Gasteiger partial charge >= 0.3 is 5.97 Å². The van der Waals surface area contributed by atoms with Crippen LogP contribution in [-0.4, -0.2) is 43.3 Å². The molecule has 7 heteroatoms. The van der Waals surface area contributed by atoms with Crippen LogP contribution in [0.3, 0.4) is 0 Å². The summed E-state index contributed by atoms with van der Waals surface area (Å²) >= 11 is 0. The van der Waals surface area contributed by atoms with Crippen LogP contribution in [0.15, 0.2) is 18.2 Å². The van der Waals surface area contributed by atoms with Gasteiger partial charge in [0.25, 0.3) is 5.91 Å². The summed E-state index contributed by atoms with van der Waals surface area (Å²) in [6.07, 6.45) is 1.96. The number of carbonyl (C=O) groups excluding carboxylic acids is 1. The number of rotatable bonds is 8. The SMILES string of the molecule is COCCOCc1cc(C(=O)N[C@@H]2CCC[C@@H]2C(=O)O)ccc1F. The molecule has 6 nitrogen and oxygen atoms in total. The van der Waals surface area contributed by atoms with Gasteiger partial charge in [0, 0.05) is 24.3 Å². The van der Waals surface area contributed by atoms with Crippen LogP contribution in [0.25, 0.3) is 0 Å². The number of aliphatic carboxylic acids is 1. The van der Waals surface area contributed by atoms with Crippen molar-refractivity contribution in [1.82, 2.24) is 5.32 Å². The molecule has 0 saturated heterocycles. The summed E-state index contributed by atoms with van der Waals surface area (Å²) in [5.74, 6) is -2.31. The van der Waals surface area contributed by atoms with Gasteiger partial charge in [0.15, 0.2) is 0 Å². The Labute approximate surface area is 139 Å². The molecule has 0 unspecified atom stereocenters. The first-order chi connectivity index (χ1) is 11.5. The normalized spacial score (nSPS) is 20.1. The lowest BCUT2D eigenvalue weighted by Gasteiger charge is -2.18. The summed E-state index contributed by atoms with van der Waals surface area (Å²) in [6, 6.07) is 3.64. The number of ether oxygens (including phenoxy) is 2. The topological polar surface area (TPSA) is 84.9 Å². The van der Waals surface area contributed by atoms with Crippen molar-refractivity contribution in [2.75, 3.05) is 20.3 Å². The highest BCUT2D eigenvalue weighted by Crippen LogP contribution is 2.26. The quantitative estimate of drug-likeness (QED) is 0.708. The summed E-state index contributed by atoms with van der Waals surface area (Å²) in [5.41, 5.74) is 0.567. The van der Waals surface area contributed by atoms with Crippen molar-refractivity contribution in [2.24, 2.45) is 5.92 Å². The van der Waals surface area contributed by atoms with Gasteiger partial charge < -0.3 is 19.9 Å². The molecule has 24 heavy (non-hydrogen) atoms. The van der Waals surface area contributed by atoms with E-state index in [1.807, 2.05) is 0 Å². The molecule has 0 aromatic heterocycles. The number of carboxylic acid groups (broad SMARTS) is 1. The van der Waals surface area contributed by atoms with E-state index in [4.69, 9.17) is 14.6 Å². The van der Waals surface area contributed by atoms with E-state index in [0.29, 0.717) is 26.1 Å². The average molecular weight is 339 g/mol. The first-order valence-corrected chi connectivity index (χ1v) is 7.91. The standard InChI is InChI=1S/C17H22FNO5/c1-23-7-8-24-10-12-9-11(5-6-14(12)18)16(20)19-15-4-2-3-13(15)17(21)22/h5-6,9,13,15H,2-4,7-8,10H2,1H3,(H,19,20)(H,21,22)/t13-,15+/m0/s1. The highest BCUT2D eigenvalue weighted by Gasteiger charge is 2.34. The second-order valence-electron chi connectivity index (χ2n) is 5.81. The molecular weight excluding hydrogens is 317 g/mol. The predicted molar refractivity (Wildman–Crippen MR) is 84.2 cm³/mol. The van der Waals surface area contributed by atoms with Crippen molar-refractivity contribution in [2.45, 2.75) is 31.9 Å². The Morgan fingerprint density at radius 1 is 1.33 bits per heavy atom. The van der Waals surface area contributed by atoms with E-state index >= 15 is 0 Å². The van der Waals surface area contributed by atoms with Gasteiger partial charge in [-0.25, -0.2) is 4.39 Å². The Morgan fingerprint density at radius 3 is 2.83 bits per heavy atom. The third kappa shape index (κ3) is 4.75. The predicted octanol–water partition coefficient (Wildman–Crippen LogP) is 1.97. The van der Waals surface area contributed by atoms with Crippen molar-refractivity contribution in [3.8, 4) is 0 Å². The Kier molecular flexibility index (Phi) is 6.69. The third-order valence-electron chi connectivity index (χ3n) is 4.15. The summed E-state index contributed by atoms with van der Waals surface area (Å²) < 4.78 is 23.9. The van der Waals surface area contributed by atoms with E-state index in [-0.39, 0.29) is 23.8 Å². The van der Waals surface area contributed by atoms with Crippen LogP contribution >= 0.6 is 0 Å². The summed E-state index contributed by atoms with van der Waals surface area (Å²) in [7, 11) is 1.54. The Bertz CT molecular complexity index is 592. The summed E-state index contributed by atoms with van der Waals surface area (Å²) in [6.45, 7) is 0.770. The van der Waals surface area contributed by atoms with Gasteiger partial charge in [-0.3, -0.25) is 9.59 Å². The first kappa shape index (κ1) is 18.4. The van der Waals surface area contributed by atoms with Crippen LogP contribution < -0.4 is 5.32 Å². The fraction of sp³-hybridized carbons (Fsp3) is 0.529. The Balaban J connectivity index is 2.00. The molecule has 1 aromatic rings. The van der Waals surface area contributed by atoms with Gasteiger partial charge in [-0.1, -0.05) is 6.42 Å². The molecule has 0 radical (unpaired) electrons. The average Bonchev–Trinajstić information content (AvgIpc) is 3.01. The van der Waals surface area contributed by atoms with Gasteiger partial charge in [-0.05, 0) is 31.0 Å². The molecule has 1 aliphatic rings. The van der Waals surface area contributed by atoms with E-state index in [9.17, 15) is 14.0 Å². The molecule has 0 aliphatic heterocycles. The van der Waals surface area contributed by atoms with E-state index < -0.39 is 23.6 Å². The van der Waals surface area contributed by atoms with Crippen LogP contribution in [0.2, 0.25) is 0 Å². The zero-order valence-corrected chi connectivity index (χ0v) is 13.6. The first-order valence-electron chi connectivity index (χ1n) is 7.91. The molecule has 1 aromatic carbocycles. The number of methoxy groups -OCH3 is 1. The zero-order valence-electron chi connectivity index (χ0n) is 13.6. The molecule has 2 N–H and O–H groups in total. The Morgan fingerprint density at radius 2 is 2.12 bits per heavy atom. The van der Waals surface area contributed by atoms with E-state index in [2.05, 4.69) is 5.32 Å². The smallest absolute Gasteiger partial charge is 0.308 e. The molecule has 0 heterocycles. The molecule has 2 atom stereocenters. The molecule has 132 valence electrons. The fourth-order valence-corrected chi connectivity index (χ4v) is 2.83. The molecule has 1 fully saturated rings. The van der Waals surface area contributed by atoms with Crippen molar-refractivity contribution >= 4 is 11.9 Å². The lowest BCUT2D eigenvalue weighted by Crippen LogP contribution is -2.40. The van der Waals surface area contributed by atoms with Gasteiger partial charge in [-0.15, -0.1) is 0 Å². The number of hydrogen-bond donors (Lipinski definition) is 2. The molecule has 1 saturated carbocycles. The minimum Gasteiger partial charge on any atom is -0.481 e. The lowest BCUT2D eigenvalue weighted by atomic mass is 10.0. The minimum absolute atomic E-state index is 0.0392. The van der Waals surface area contributed by atoms with Crippen LogP contribution in [0.5, 0.6) is 0 Å². The minimum atomic E-state index is -0.899.